The molecule has 0 aromatic carbocycles. The third kappa shape index (κ3) is 6.31. The maximum Gasteiger partial charge on any atom is 0.233 e. The minimum atomic E-state index is -3.48. The second-order valence-corrected chi connectivity index (χ2v) is 10.3. The SMILES string of the molecule is CC1CCC(C(C)C)C(OCC(C)(C)CS(=O)(=O)Cl)C1. The third-order valence-corrected chi connectivity index (χ3v) is 5.67. The van der Waals surface area contributed by atoms with Crippen molar-refractivity contribution in [2.75, 3.05) is 12.4 Å². The summed E-state index contributed by atoms with van der Waals surface area (Å²) in [6.45, 7) is 11.0. The summed E-state index contributed by atoms with van der Waals surface area (Å²) in [4.78, 5) is 0. The van der Waals surface area contributed by atoms with Crippen molar-refractivity contribution in [2.24, 2.45) is 23.2 Å². The van der Waals surface area contributed by atoms with E-state index in [0.717, 1.165) is 6.42 Å². The summed E-state index contributed by atoms with van der Waals surface area (Å²) in [6.07, 6.45) is 3.79. The van der Waals surface area contributed by atoms with Gasteiger partial charge >= 0.3 is 0 Å². The molecule has 5 heteroatoms. The lowest BCUT2D eigenvalue weighted by Gasteiger charge is -2.38. The fraction of sp³-hybridized carbons (Fsp3) is 1.00. The van der Waals surface area contributed by atoms with E-state index in [-0.39, 0.29) is 11.9 Å². The van der Waals surface area contributed by atoms with Crippen LogP contribution in [0.1, 0.15) is 53.9 Å². The summed E-state index contributed by atoms with van der Waals surface area (Å²) in [5, 5.41) is 0. The summed E-state index contributed by atoms with van der Waals surface area (Å²) in [7, 11) is 1.88. The zero-order valence-electron chi connectivity index (χ0n) is 13.4. The molecule has 1 fully saturated rings. The largest absolute Gasteiger partial charge is 0.377 e. The molecule has 0 heterocycles. The average Bonchev–Trinajstić information content (AvgIpc) is 2.22. The first-order valence-electron chi connectivity index (χ1n) is 7.54. The van der Waals surface area contributed by atoms with Gasteiger partial charge in [-0.2, -0.15) is 0 Å². The molecule has 1 aliphatic carbocycles. The molecule has 0 saturated heterocycles. The normalized spacial score (nSPS) is 28.9. The molecule has 0 bridgehead atoms. The lowest BCUT2D eigenvalue weighted by molar-refractivity contribution is -0.0620. The molecule has 3 nitrogen and oxygen atoms in total. The molecule has 3 unspecified atom stereocenters. The number of halogens is 1. The summed E-state index contributed by atoms with van der Waals surface area (Å²) < 4.78 is 28.6. The van der Waals surface area contributed by atoms with Crippen LogP contribution in [0.15, 0.2) is 0 Å². The Morgan fingerprint density at radius 2 is 1.90 bits per heavy atom. The molecule has 0 N–H and O–H groups in total. The molecule has 120 valence electrons. The van der Waals surface area contributed by atoms with Crippen LogP contribution in [-0.2, 0) is 13.8 Å². The first-order chi connectivity index (χ1) is 9.00. The Balaban J connectivity index is 2.61. The van der Waals surface area contributed by atoms with Crippen LogP contribution in [-0.4, -0.2) is 26.9 Å². The topological polar surface area (TPSA) is 43.4 Å². The van der Waals surface area contributed by atoms with Gasteiger partial charge in [-0.15, -0.1) is 0 Å². The summed E-state index contributed by atoms with van der Waals surface area (Å²) in [5.74, 6) is 1.83. The van der Waals surface area contributed by atoms with Gasteiger partial charge in [0.1, 0.15) is 0 Å². The van der Waals surface area contributed by atoms with Gasteiger partial charge in [0.25, 0.3) is 0 Å². The summed E-state index contributed by atoms with van der Waals surface area (Å²) in [5.41, 5.74) is -0.442. The Morgan fingerprint density at radius 3 is 2.40 bits per heavy atom. The highest BCUT2D eigenvalue weighted by molar-refractivity contribution is 8.13. The molecular formula is C15H29ClO3S. The highest BCUT2D eigenvalue weighted by atomic mass is 35.7. The second kappa shape index (κ2) is 6.97. The lowest BCUT2D eigenvalue weighted by Crippen LogP contribution is -2.37. The van der Waals surface area contributed by atoms with Crippen LogP contribution in [0, 0.1) is 23.2 Å². The van der Waals surface area contributed by atoms with Crippen LogP contribution >= 0.6 is 10.7 Å². The first-order valence-corrected chi connectivity index (χ1v) is 10.0. The molecule has 0 aromatic rings. The van der Waals surface area contributed by atoms with Crippen LogP contribution in [0.2, 0.25) is 0 Å². The Labute approximate surface area is 128 Å². The number of hydrogen-bond donors (Lipinski definition) is 0. The highest BCUT2D eigenvalue weighted by Gasteiger charge is 2.33. The Hall–Kier alpha value is 0.200. The van der Waals surface area contributed by atoms with Crippen LogP contribution in [0.3, 0.4) is 0 Å². The Bertz CT molecular complexity index is 403. The van der Waals surface area contributed by atoms with Crippen molar-refractivity contribution < 1.29 is 13.2 Å². The van der Waals surface area contributed by atoms with Crippen molar-refractivity contribution in [1.29, 1.82) is 0 Å². The number of hydrogen-bond acceptors (Lipinski definition) is 3. The van der Waals surface area contributed by atoms with Gasteiger partial charge in [0, 0.05) is 16.1 Å². The molecule has 0 aliphatic heterocycles. The van der Waals surface area contributed by atoms with E-state index in [0.29, 0.717) is 24.4 Å². The third-order valence-electron chi connectivity index (χ3n) is 4.21. The van der Waals surface area contributed by atoms with Gasteiger partial charge in [-0.1, -0.05) is 41.0 Å². The molecule has 1 saturated carbocycles. The van der Waals surface area contributed by atoms with Gasteiger partial charge < -0.3 is 4.74 Å². The standard InChI is InChI=1S/C15H29ClO3S/c1-11(2)13-7-6-12(3)8-14(13)19-9-15(4,5)10-20(16,17)18/h11-14H,6-10H2,1-5H3. The van der Waals surface area contributed by atoms with E-state index >= 15 is 0 Å². The van der Waals surface area contributed by atoms with E-state index in [1.54, 1.807) is 0 Å². The molecule has 1 aliphatic rings. The van der Waals surface area contributed by atoms with Crippen LogP contribution in [0.25, 0.3) is 0 Å². The van der Waals surface area contributed by atoms with E-state index in [2.05, 4.69) is 20.8 Å². The minimum absolute atomic E-state index is 0.0455. The molecular weight excluding hydrogens is 296 g/mol. The van der Waals surface area contributed by atoms with Gasteiger partial charge in [0.2, 0.25) is 9.05 Å². The fourth-order valence-electron chi connectivity index (χ4n) is 3.15. The lowest BCUT2D eigenvalue weighted by atomic mass is 9.75. The predicted molar refractivity (Wildman–Crippen MR) is 84.5 cm³/mol. The van der Waals surface area contributed by atoms with Gasteiger partial charge in [-0.3, -0.25) is 0 Å². The van der Waals surface area contributed by atoms with E-state index < -0.39 is 14.5 Å². The van der Waals surface area contributed by atoms with Crippen molar-refractivity contribution in [3.05, 3.63) is 0 Å². The highest BCUT2D eigenvalue weighted by Crippen LogP contribution is 2.36. The van der Waals surface area contributed by atoms with Gasteiger partial charge in [0.15, 0.2) is 0 Å². The molecule has 0 aromatic heterocycles. The average molecular weight is 325 g/mol. The molecule has 20 heavy (non-hydrogen) atoms. The Kier molecular flexibility index (Phi) is 6.36. The monoisotopic (exact) mass is 324 g/mol. The number of ether oxygens (including phenoxy) is 1. The summed E-state index contributed by atoms with van der Waals surface area (Å²) in [6, 6.07) is 0. The van der Waals surface area contributed by atoms with Crippen molar-refractivity contribution in [3.8, 4) is 0 Å². The van der Waals surface area contributed by atoms with Crippen LogP contribution in [0.4, 0.5) is 0 Å². The maximum atomic E-state index is 11.2. The fourth-order valence-corrected chi connectivity index (χ4v) is 5.05. The Morgan fingerprint density at radius 1 is 1.30 bits per heavy atom. The molecule has 0 amide bonds. The molecule has 0 spiro atoms. The first kappa shape index (κ1) is 18.2. The van der Waals surface area contributed by atoms with Crippen molar-refractivity contribution in [2.45, 2.75) is 60.0 Å². The van der Waals surface area contributed by atoms with Crippen LogP contribution < -0.4 is 0 Å². The number of rotatable bonds is 6. The van der Waals surface area contributed by atoms with Crippen molar-refractivity contribution >= 4 is 19.7 Å². The molecule has 0 radical (unpaired) electrons. The van der Waals surface area contributed by atoms with Crippen molar-refractivity contribution in [1.82, 2.24) is 0 Å². The van der Waals surface area contributed by atoms with Gasteiger partial charge in [-0.05, 0) is 30.6 Å². The maximum absolute atomic E-state index is 11.2. The second-order valence-electron chi connectivity index (χ2n) is 7.52. The van der Waals surface area contributed by atoms with Crippen molar-refractivity contribution in [3.63, 3.8) is 0 Å². The predicted octanol–water partition coefficient (Wildman–Crippen LogP) is 4.06. The van der Waals surface area contributed by atoms with E-state index in [4.69, 9.17) is 15.4 Å². The molecule has 3 atom stereocenters. The van der Waals surface area contributed by atoms with E-state index in [9.17, 15) is 8.42 Å². The van der Waals surface area contributed by atoms with Gasteiger partial charge in [0.05, 0.1) is 18.5 Å². The van der Waals surface area contributed by atoms with E-state index in [1.165, 1.54) is 12.8 Å². The van der Waals surface area contributed by atoms with Gasteiger partial charge in [-0.25, -0.2) is 8.42 Å². The molecule has 1 rings (SSSR count). The minimum Gasteiger partial charge on any atom is -0.377 e. The zero-order chi connectivity index (χ0) is 15.6. The summed E-state index contributed by atoms with van der Waals surface area (Å²) >= 11 is 0. The zero-order valence-corrected chi connectivity index (χ0v) is 14.9. The van der Waals surface area contributed by atoms with Crippen LogP contribution in [0.5, 0.6) is 0 Å². The smallest absolute Gasteiger partial charge is 0.233 e. The quantitative estimate of drug-likeness (QED) is 0.692. The van der Waals surface area contributed by atoms with E-state index in [1.807, 2.05) is 13.8 Å².